The van der Waals surface area contributed by atoms with Crippen LogP contribution in [0.4, 0.5) is 14.4 Å². The molecular weight excluding hydrogens is 1770 g/mol. The quantitative estimate of drug-likeness (QED) is 0.0382. The van der Waals surface area contributed by atoms with E-state index in [0.29, 0.717) is 11.0 Å². The Kier molecular flexibility index (Phi) is 141. The van der Waals surface area contributed by atoms with Crippen molar-refractivity contribution in [3.05, 3.63) is 167 Å². The molecule has 0 heterocycles. The number of nitrogens with one attached hydrogen (secondary N) is 3. The summed E-state index contributed by atoms with van der Waals surface area (Å²) in [4.78, 5) is 62.4. The molecule has 6 rings (SSSR count). The van der Waals surface area contributed by atoms with Crippen LogP contribution in [0.3, 0.4) is 0 Å². The molecule has 0 saturated carbocycles. The number of allylic oxidation sites excluding steroid dienone is 12. The Morgan fingerprint density at radius 1 is 0.441 bits per heavy atom. The molecular formula is C77H140BBrI3LiN3O15Y-. The summed E-state index contributed by atoms with van der Waals surface area (Å²) in [6, 6.07) is 23.1. The zero-order valence-electron chi connectivity index (χ0n) is 69.7. The molecule has 0 saturated heterocycles. The van der Waals surface area contributed by atoms with Gasteiger partial charge in [0.25, 0.3) is 5.97 Å². The molecule has 18 nitrogen and oxygen atoms in total. The first-order chi connectivity index (χ1) is 46.1. The number of aliphatic carboxylic acids is 1. The molecule has 1 radical (unpaired) electrons. The SMILES string of the molecule is BrC1=CC=CC1.CC.CC.CC.CC.CC.CC.CC.CC.CC.CC.CC(=O)O.COC(=O)NC(C)(C)c1ccccc1B(O)O.COC(=O)NC(C)(C)c1ccccc1C1=CC=CC1.COC(=O)NC(C)(C)c1ccccc1C1=CC=CC1.COC(C)=O.COC(C)=O.I.II.[CH3-].[Li+].[OH-].[Y]. The van der Waals surface area contributed by atoms with Crippen LogP contribution in [0.25, 0.3) is 11.1 Å². The summed E-state index contributed by atoms with van der Waals surface area (Å²) in [5.41, 5.74) is 6.35. The summed E-state index contributed by atoms with van der Waals surface area (Å²) in [6.07, 6.45) is 20.4. The van der Waals surface area contributed by atoms with Crippen molar-refractivity contribution in [1.82, 2.24) is 16.0 Å². The predicted octanol–water partition coefficient (Wildman–Crippen LogP) is 19.8. The maximum atomic E-state index is 11.5. The van der Waals surface area contributed by atoms with E-state index < -0.39 is 48.0 Å². The summed E-state index contributed by atoms with van der Waals surface area (Å²) in [5, 5.41) is 34.3. The molecule has 3 aromatic carbocycles. The predicted molar refractivity (Wildman–Crippen MR) is 463 cm³/mol. The van der Waals surface area contributed by atoms with Gasteiger partial charge in [0, 0.05) is 90.7 Å². The van der Waals surface area contributed by atoms with Gasteiger partial charge in [-0.2, -0.15) is 0 Å². The molecule has 0 aromatic heterocycles. The average Bonchev–Trinajstić information content (AvgIpc) is 1.23. The van der Waals surface area contributed by atoms with Crippen LogP contribution >= 0.6 is 77.1 Å². The second kappa shape index (κ2) is 102. The Bertz CT molecular complexity index is 2460. The summed E-state index contributed by atoms with van der Waals surface area (Å²) in [6.45, 7) is 55.2. The minimum Gasteiger partial charge on any atom is -0.870 e. The van der Waals surface area contributed by atoms with Gasteiger partial charge >= 0.3 is 56.2 Å². The van der Waals surface area contributed by atoms with Gasteiger partial charge in [-0.05, 0) is 110 Å². The number of carboxylic acid groups (broad SMARTS) is 1. The first kappa shape index (κ1) is 141. The zero-order valence-corrected chi connectivity index (χ0v) is 80.8. The normalized spacial score (nSPS) is 9.74. The van der Waals surface area contributed by atoms with E-state index in [1.165, 1.54) is 76.2 Å². The number of halogens is 4. The third-order valence-electron chi connectivity index (χ3n) is 10.4. The minimum absolute atomic E-state index is 0. The fourth-order valence-corrected chi connectivity index (χ4v) is 7.08. The van der Waals surface area contributed by atoms with Gasteiger partial charge in [0.15, 0.2) is 0 Å². The van der Waals surface area contributed by atoms with Gasteiger partial charge < -0.3 is 67.7 Å². The van der Waals surface area contributed by atoms with Gasteiger partial charge in [0.2, 0.25) is 0 Å². The third-order valence-corrected chi connectivity index (χ3v) is 11.0. The van der Waals surface area contributed by atoms with Crippen molar-refractivity contribution in [2.24, 2.45) is 0 Å². The van der Waals surface area contributed by atoms with Crippen LogP contribution in [0.1, 0.15) is 248 Å². The van der Waals surface area contributed by atoms with Crippen molar-refractivity contribution in [3.8, 4) is 0 Å². The average molecular weight is 1920 g/mol. The number of hydrogen-bond donors (Lipinski definition) is 6. The van der Waals surface area contributed by atoms with E-state index in [2.05, 4.69) is 144 Å². The maximum absolute atomic E-state index is 11.5. The van der Waals surface area contributed by atoms with Crippen LogP contribution in [-0.4, -0.2) is 99.5 Å². The summed E-state index contributed by atoms with van der Waals surface area (Å²) in [5.74, 6) is -1.32. The molecule has 3 aromatic rings. The number of methoxy groups -OCH3 is 5. The number of ether oxygens (including phenoxy) is 5. The molecule has 7 N–H and O–H groups in total. The van der Waals surface area contributed by atoms with E-state index in [1.807, 2.05) is 209 Å². The molecule has 0 bridgehead atoms. The molecule has 589 valence electrons. The molecule has 3 aliphatic carbocycles. The van der Waals surface area contributed by atoms with Gasteiger partial charge in [0.1, 0.15) is 0 Å². The number of rotatable bonds is 9. The number of carbonyl (C=O) groups excluding carboxylic acids is 5. The molecule has 0 atom stereocenters. The maximum Gasteiger partial charge on any atom is 1.00 e. The second-order valence-electron chi connectivity index (χ2n) is 17.6. The van der Waals surface area contributed by atoms with E-state index in [9.17, 15) is 34.0 Å². The second-order valence-corrected chi connectivity index (χ2v) is 18.6. The van der Waals surface area contributed by atoms with Crippen molar-refractivity contribution >= 4 is 137 Å². The Hall–Kier alpha value is -3.36. The Balaban J connectivity index is -0.0000000548. The van der Waals surface area contributed by atoms with Gasteiger partial charge in [-0.3, -0.25) is 14.4 Å². The number of esters is 2. The third kappa shape index (κ3) is 79.2. The van der Waals surface area contributed by atoms with Crippen molar-refractivity contribution < 1.29 is 125 Å². The monoisotopic (exact) mass is 1910 g/mol. The van der Waals surface area contributed by atoms with Crippen molar-refractivity contribution in [3.63, 3.8) is 0 Å². The largest absolute Gasteiger partial charge is 1.00 e. The number of hydrogen-bond acceptors (Lipinski definition) is 14. The first-order valence-electron chi connectivity index (χ1n) is 33.5. The number of alkyl carbamates (subject to hydrolysis) is 3. The van der Waals surface area contributed by atoms with Crippen LogP contribution in [-0.2, 0) is 87.4 Å². The van der Waals surface area contributed by atoms with E-state index in [-0.39, 0.29) is 100 Å². The Morgan fingerprint density at radius 3 is 0.843 bits per heavy atom. The smallest absolute Gasteiger partial charge is 0.870 e. The molecule has 3 aliphatic rings. The molecule has 0 fully saturated rings. The Labute approximate surface area is 709 Å². The van der Waals surface area contributed by atoms with E-state index in [0.717, 1.165) is 37.3 Å². The van der Waals surface area contributed by atoms with Crippen LogP contribution in [0.15, 0.2) is 132 Å². The standard InChI is InChI=1S/2C16H19NO2.C11H16BNO4.C5H5Br.2C3H6O2.C2H4O2.10C2H6.CH3.I2.HI.Li.H2O.Y/c2*1-16(2,17-15(18)19-3)14-11-7-6-10-13(14)12-8-4-5-9-12;1-11(2,13-10(14)17-3)8-6-4-5-7-9(8)12(15)16;6-5-3-1-2-4-5;2*1-3(4)5-2;1-2(3)4;10*1-2;;1-2;;;;/h2*4-8,10-11H,9H2,1-3H3,(H,17,18);4-7,15-16H,1-3H3,(H,13,14);1-3H,4H2;2*1-2H3;1H3,(H,3,4);10*1-2H3;1H3;;1H;;1H2;/q;;;;;;;;;;;;;;;;;-1;;;+1;;/p-1. The fraction of sp³-hybridized carbons (Fsp3) is 0.519. The molecule has 0 aliphatic heterocycles. The van der Waals surface area contributed by atoms with Crippen LogP contribution in [0, 0.1) is 7.43 Å². The topological polar surface area (TPSA) is 275 Å². The summed E-state index contributed by atoms with van der Waals surface area (Å²) < 4.78 is 23.4. The fourth-order valence-electron chi connectivity index (χ4n) is 6.74. The van der Waals surface area contributed by atoms with Gasteiger partial charge in [-0.25, -0.2) is 14.4 Å². The zero-order chi connectivity index (χ0) is 79.4. The molecule has 25 heteroatoms. The van der Waals surface area contributed by atoms with Crippen molar-refractivity contribution in [1.29, 1.82) is 0 Å². The van der Waals surface area contributed by atoms with E-state index in [4.69, 9.17) is 19.4 Å². The molecule has 102 heavy (non-hydrogen) atoms. The summed E-state index contributed by atoms with van der Waals surface area (Å²) >= 11 is 7.58. The molecule has 0 unspecified atom stereocenters. The van der Waals surface area contributed by atoms with Crippen LogP contribution < -0.4 is 40.3 Å². The van der Waals surface area contributed by atoms with Gasteiger partial charge in [-0.15, -0.1) is 24.0 Å². The molecule has 3 amide bonds. The Morgan fingerprint density at radius 2 is 0.657 bits per heavy atom. The van der Waals surface area contributed by atoms with Crippen LogP contribution in [0.2, 0.25) is 0 Å². The van der Waals surface area contributed by atoms with Gasteiger partial charge in [-0.1, -0.05) is 282 Å². The number of carboxylic acids is 1. The summed E-state index contributed by atoms with van der Waals surface area (Å²) in [7, 11) is 5.15. The molecule has 0 spiro atoms. The van der Waals surface area contributed by atoms with E-state index in [1.54, 1.807) is 38.1 Å². The minimum atomic E-state index is -1.58. The first-order valence-corrected chi connectivity index (χ1v) is 40.6. The number of amides is 3. The van der Waals surface area contributed by atoms with E-state index >= 15 is 0 Å². The van der Waals surface area contributed by atoms with Crippen LogP contribution in [0.5, 0.6) is 0 Å². The van der Waals surface area contributed by atoms with Crippen molar-refractivity contribution in [2.75, 3.05) is 35.5 Å². The number of carbonyl (C=O) groups is 6. The number of benzene rings is 3. The van der Waals surface area contributed by atoms with Gasteiger partial charge in [0.05, 0.1) is 52.2 Å². The van der Waals surface area contributed by atoms with Crippen molar-refractivity contribution in [2.45, 2.75) is 237 Å².